The minimum atomic E-state index is -0.988. The number of carboxylic acids is 1. The molecule has 0 radical (unpaired) electrons. The lowest BCUT2D eigenvalue weighted by molar-refractivity contribution is -0.151. The molecule has 1 atom stereocenters. The number of hydrogen-bond donors (Lipinski definition) is 1. The molecule has 2 saturated heterocycles. The molecule has 0 bridgehead atoms. The summed E-state index contributed by atoms with van der Waals surface area (Å²) in [6, 6.07) is 11.9. The van der Waals surface area contributed by atoms with Crippen LogP contribution in [0.5, 0.6) is 5.75 Å². The number of halogens is 3. The van der Waals surface area contributed by atoms with Crippen LogP contribution in [-0.4, -0.2) is 65.2 Å². The van der Waals surface area contributed by atoms with E-state index in [2.05, 4.69) is 9.80 Å². The van der Waals surface area contributed by atoms with Gasteiger partial charge >= 0.3 is 5.97 Å². The number of piperidine rings is 2. The zero-order chi connectivity index (χ0) is 25.0. The number of carbonyl (C=O) groups is 1. The quantitative estimate of drug-likeness (QED) is 0.413. The summed E-state index contributed by atoms with van der Waals surface area (Å²) in [6.07, 6.45) is 4.61. The van der Waals surface area contributed by atoms with Gasteiger partial charge in [-0.25, -0.2) is 4.39 Å². The Hall–Kier alpha value is -1.67. The van der Waals surface area contributed by atoms with Gasteiger partial charge in [-0.05, 0) is 100.0 Å². The van der Waals surface area contributed by atoms with Crippen LogP contribution >= 0.6 is 28.6 Å². The molecular weight excluding hydrogens is 547 g/mol. The molecule has 2 aliphatic rings. The van der Waals surface area contributed by atoms with Gasteiger partial charge in [-0.2, -0.15) is 0 Å². The Morgan fingerprint density at radius 1 is 1.08 bits per heavy atom. The predicted octanol–water partition coefficient (Wildman–Crippen LogP) is 6.01. The summed E-state index contributed by atoms with van der Waals surface area (Å²) in [5.74, 6) is 0.369. The largest absolute Gasteiger partial charge is 0.490 e. The summed E-state index contributed by atoms with van der Waals surface area (Å²) in [6.45, 7) is 8.46. The average molecular weight is 584 g/mol. The van der Waals surface area contributed by atoms with Gasteiger partial charge < -0.3 is 14.7 Å². The molecule has 0 aromatic heterocycles. The van der Waals surface area contributed by atoms with E-state index in [0.29, 0.717) is 12.3 Å². The van der Waals surface area contributed by atoms with Crippen LogP contribution in [0.1, 0.15) is 43.7 Å². The van der Waals surface area contributed by atoms with Gasteiger partial charge in [0.05, 0.1) is 0 Å². The summed E-state index contributed by atoms with van der Waals surface area (Å²) in [5.41, 5.74) is 0.926. The third kappa shape index (κ3) is 7.21. The van der Waals surface area contributed by atoms with E-state index in [-0.39, 0.29) is 28.9 Å². The van der Waals surface area contributed by atoms with Gasteiger partial charge in [0, 0.05) is 31.1 Å². The molecule has 1 N–H and O–H groups in total. The molecule has 0 saturated carbocycles. The smallest absolute Gasteiger partial charge is 0.324 e. The monoisotopic (exact) mass is 582 g/mol. The van der Waals surface area contributed by atoms with E-state index in [9.17, 15) is 14.3 Å². The van der Waals surface area contributed by atoms with Crippen LogP contribution < -0.4 is 4.74 Å². The van der Waals surface area contributed by atoms with Gasteiger partial charge in [-0.1, -0.05) is 23.7 Å². The van der Waals surface area contributed by atoms with Crippen molar-refractivity contribution in [1.82, 2.24) is 9.80 Å². The lowest BCUT2D eigenvalue weighted by Crippen LogP contribution is -2.57. The molecule has 2 aliphatic heterocycles. The molecular formula is C28H37BrClFN2O3. The zero-order valence-corrected chi connectivity index (χ0v) is 23.6. The Morgan fingerprint density at radius 3 is 2.31 bits per heavy atom. The van der Waals surface area contributed by atoms with Crippen molar-refractivity contribution in [3.63, 3.8) is 0 Å². The summed E-state index contributed by atoms with van der Waals surface area (Å²) in [4.78, 5) is 16.9. The molecule has 2 aromatic carbocycles. The number of ether oxygens (including phenoxy) is 1. The fourth-order valence-electron chi connectivity index (χ4n) is 5.43. The molecule has 4 rings (SSSR count). The summed E-state index contributed by atoms with van der Waals surface area (Å²) in [7, 11) is 0. The Balaban J connectivity index is 0.00000361. The number of carboxylic acid groups (broad SMARTS) is 1. The molecule has 0 aliphatic carbocycles. The van der Waals surface area contributed by atoms with Crippen molar-refractivity contribution in [1.29, 1.82) is 0 Å². The first-order chi connectivity index (χ1) is 16.7. The maximum absolute atomic E-state index is 13.3. The highest BCUT2D eigenvalue weighted by atomic mass is 79.9. The minimum absolute atomic E-state index is 0. The molecule has 0 unspecified atom stereocenters. The van der Waals surface area contributed by atoms with E-state index in [1.807, 2.05) is 25.1 Å². The Bertz CT molecular complexity index is 1010. The molecule has 8 heteroatoms. The second kappa shape index (κ2) is 12.7. The normalized spacial score (nSPS) is 19.9. The van der Waals surface area contributed by atoms with Crippen molar-refractivity contribution in [2.45, 2.75) is 57.6 Å². The lowest BCUT2D eigenvalue weighted by atomic mass is 9.86. The van der Waals surface area contributed by atoms with Crippen molar-refractivity contribution >= 4 is 34.6 Å². The van der Waals surface area contributed by atoms with Crippen molar-refractivity contribution < 1.29 is 19.0 Å². The number of aryl methyl sites for hydroxylation is 1. The van der Waals surface area contributed by atoms with E-state index in [1.165, 1.54) is 12.1 Å². The van der Waals surface area contributed by atoms with Crippen LogP contribution in [0.4, 0.5) is 4.39 Å². The van der Waals surface area contributed by atoms with E-state index < -0.39 is 11.5 Å². The maximum atomic E-state index is 13.3. The first kappa shape index (κ1) is 28.9. The number of aliphatic carboxylic acids is 1. The SMILES string of the molecule is Br.Cc1cc(Cl)ccc1OC1CCN(CC2CCN([C@@](C)(Cc3ccc(F)cc3)C(=O)O)CC2)CC1. The van der Waals surface area contributed by atoms with Crippen LogP contribution in [0.3, 0.4) is 0 Å². The molecule has 198 valence electrons. The minimum Gasteiger partial charge on any atom is -0.490 e. The highest BCUT2D eigenvalue weighted by Crippen LogP contribution is 2.30. The predicted molar refractivity (Wildman–Crippen MR) is 147 cm³/mol. The van der Waals surface area contributed by atoms with E-state index >= 15 is 0 Å². The van der Waals surface area contributed by atoms with Crippen molar-refractivity contribution in [2.75, 3.05) is 32.7 Å². The van der Waals surface area contributed by atoms with Gasteiger partial charge in [-0.15, -0.1) is 17.0 Å². The zero-order valence-electron chi connectivity index (χ0n) is 21.1. The number of hydrogen-bond acceptors (Lipinski definition) is 4. The molecule has 0 amide bonds. The third-order valence-electron chi connectivity index (χ3n) is 7.72. The molecule has 0 spiro atoms. The standard InChI is InChI=1S/C28H36ClFN2O3.BrH/c1-20-17-23(29)5-8-26(20)35-25-11-13-31(14-12-25)19-22-9-15-32(16-10-22)28(2,27(33)34)18-21-3-6-24(30)7-4-21;/h3-8,17,22,25H,9-16,18-19H2,1-2H3,(H,33,34);1H/t28-;/m0./s1. The maximum Gasteiger partial charge on any atom is 0.324 e. The van der Waals surface area contributed by atoms with Gasteiger partial charge in [-0.3, -0.25) is 9.69 Å². The first-order valence-corrected chi connectivity index (χ1v) is 13.0. The Labute approximate surface area is 229 Å². The van der Waals surface area contributed by atoms with E-state index in [0.717, 1.165) is 80.3 Å². The highest BCUT2D eigenvalue weighted by molar-refractivity contribution is 8.93. The molecule has 2 heterocycles. The van der Waals surface area contributed by atoms with Crippen LogP contribution in [0.25, 0.3) is 0 Å². The van der Waals surface area contributed by atoms with Crippen LogP contribution in [-0.2, 0) is 11.2 Å². The first-order valence-electron chi connectivity index (χ1n) is 12.6. The number of likely N-dealkylation sites (tertiary alicyclic amines) is 2. The number of rotatable bonds is 8. The molecule has 5 nitrogen and oxygen atoms in total. The van der Waals surface area contributed by atoms with Gasteiger partial charge in [0.2, 0.25) is 0 Å². The summed E-state index contributed by atoms with van der Waals surface area (Å²) in [5, 5.41) is 10.8. The van der Waals surface area contributed by atoms with Crippen LogP contribution in [0.2, 0.25) is 5.02 Å². The van der Waals surface area contributed by atoms with E-state index in [4.69, 9.17) is 16.3 Å². The van der Waals surface area contributed by atoms with E-state index in [1.54, 1.807) is 19.1 Å². The third-order valence-corrected chi connectivity index (χ3v) is 7.95. The van der Waals surface area contributed by atoms with Crippen molar-refractivity contribution in [3.8, 4) is 5.75 Å². The highest BCUT2D eigenvalue weighted by Gasteiger charge is 2.41. The fourth-order valence-corrected chi connectivity index (χ4v) is 5.66. The van der Waals surface area contributed by atoms with Crippen LogP contribution in [0.15, 0.2) is 42.5 Å². The van der Waals surface area contributed by atoms with Gasteiger partial charge in [0.25, 0.3) is 0 Å². The average Bonchev–Trinajstić information content (AvgIpc) is 2.84. The molecule has 2 fully saturated rings. The lowest BCUT2D eigenvalue weighted by Gasteiger charge is -2.43. The summed E-state index contributed by atoms with van der Waals surface area (Å²) < 4.78 is 19.5. The Morgan fingerprint density at radius 2 is 1.72 bits per heavy atom. The van der Waals surface area contributed by atoms with Gasteiger partial charge in [0.15, 0.2) is 0 Å². The molecule has 2 aromatic rings. The van der Waals surface area contributed by atoms with Crippen LogP contribution in [0, 0.1) is 18.7 Å². The topological polar surface area (TPSA) is 53.0 Å². The number of benzene rings is 2. The van der Waals surface area contributed by atoms with Crippen molar-refractivity contribution in [2.24, 2.45) is 5.92 Å². The fraction of sp³-hybridized carbons (Fsp3) is 0.536. The van der Waals surface area contributed by atoms with Gasteiger partial charge in [0.1, 0.15) is 23.2 Å². The van der Waals surface area contributed by atoms with Crippen molar-refractivity contribution in [3.05, 3.63) is 64.4 Å². The summed E-state index contributed by atoms with van der Waals surface area (Å²) >= 11 is 6.06. The second-order valence-corrected chi connectivity index (χ2v) is 10.8. The molecule has 36 heavy (non-hydrogen) atoms. The Kier molecular flexibility index (Phi) is 10.2. The number of nitrogens with zero attached hydrogens (tertiary/aromatic N) is 2. The second-order valence-electron chi connectivity index (χ2n) is 10.3.